The summed E-state index contributed by atoms with van der Waals surface area (Å²) in [5, 5.41) is 15.9. The van der Waals surface area contributed by atoms with E-state index in [1.165, 1.54) is 0 Å². The van der Waals surface area contributed by atoms with Crippen molar-refractivity contribution in [2.24, 2.45) is 0 Å². The Labute approximate surface area is 186 Å². The molecule has 1 heterocycles. The van der Waals surface area contributed by atoms with Gasteiger partial charge in [0.1, 0.15) is 11.9 Å². The van der Waals surface area contributed by atoms with Crippen molar-refractivity contribution in [1.29, 1.82) is 0 Å². The number of ether oxygens (including phenoxy) is 1. The van der Waals surface area contributed by atoms with Gasteiger partial charge in [0, 0.05) is 27.5 Å². The smallest absolute Gasteiger partial charge is 0.291 e. The van der Waals surface area contributed by atoms with E-state index in [9.17, 15) is 0 Å². The number of nitrogens with zero attached hydrogens (tertiary/aromatic N) is 3. The largest absolute Gasteiger partial charge is 0.366 e. The molecule has 11 heteroatoms. The highest BCUT2D eigenvalue weighted by Crippen LogP contribution is 2.29. The van der Waals surface area contributed by atoms with Crippen LogP contribution in [0.25, 0.3) is 5.69 Å². The Hall–Kier alpha value is -2.03. The summed E-state index contributed by atoms with van der Waals surface area (Å²) in [4.78, 5) is 12.8. The molecule has 1 atom stereocenters. The molecule has 0 radical (unpaired) electrons. The summed E-state index contributed by atoms with van der Waals surface area (Å²) in [6, 6.07) is 10.7. The van der Waals surface area contributed by atoms with Crippen LogP contribution in [0.15, 0.2) is 48.8 Å². The lowest BCUT2D eigenvalue weighted by atomic mass is 10.2. The topological polar surface area (TPSA) is 90.4 Å². The molecule has 154 valence electrons. The van der Waals surface area contributed by atoms with Crippen molar-refractivity contribution in [2.45, 2.75) is 19.6 Å². The molecule has 29 heavy (non-hydrogen) atoms. The molecule has 0 fully saturated rings. The number of hydrogen-bond donors (Lipinski definition) is 1. The molecule has 0 spiro atoms. The molecule has 3 aromatic rings. The molecular weight excluding hydrogens is 464 g/mol. The van der Waals surface area contributed by atoms with Crippen LogP contribution in [-0.4, -0.2) is 19.8 Å². The third kappa shape index (κ3) is 6.76. The fourth-order valence-electron chi connectivity index (χ4n) is 2.42. The first-order valence-corrected chi connectivity index (χ1v) is 9.57. The predicted molar refractivity (Wildman–Crippen MR) is 112 cm³/mol. The van der Waals surface area contributed by atoms with Gasteiger partial charge in [-0.25, -0.2) is 4.98 Å². The SMILES string of the molecule is CC(OCc1ccc(Cl)cc1Cl)c1nccn1-c1ccc(Cl)cc1Cl.O=[N+]([O-])O. The Kier molecular flexibility index (Phi) is 8.55. The number of halogens is 4. The van der Waals surface area contributed by atoms with Gasteiger partial charge in [0.25, 0.3) is 5.09 Å². The van der Waals surface area contributed by atoms with Gasteiger partial charge >= 0.3 is 0 Å². The van der Waals surface area contributed by atoms with Crippen molar-refractivity contribution in [3.05, 3.63) is 90.4 Å². The second-order valence-electron chi connectivity index (χ2n) is 5.68. The Morgan fingerprint density at radius 2 is 1.72 bits per heavy atom. The number of aromatic nitrogens is 2. The minimum absolute atomic E-state index is 0.270. The zero-order valence-corrected chi connectivity index (χ0v) is 18.0. The van der Waals surface area contributed by atoms with Crippen LogP contribution >= 0.6 is 46.4 Å². The molecule has 3 rings (SSSR count). The summed E-state index contributed by atoms with van der Waals surface area (Å²) in [6.07, 6.45) is 3.27. The lowest BCUT2D eigenvalue weighted by Gasteiger charge is -2.16. The normalized spacial score (nSPS) is 11.5. The highest BCUT2D eigenvalue weighted by atomic mass is 35.5. The van der Waals surface area contributed by atoms with E-state index in [2.05, 4.69) is 4.98 Å². The first-order valence-electron chi connectivity index (χ1n) is 8.06. The van der Waals surface area contributed by atoms with Gasteiger partial charge in [-0.1, -0.05) is 52.5 Å². The quantitative estimate of drug-likeness (QED) is 0.337. The average molecular weight is 479 g/mol. The van der Waals surface area contributed by atoms with Crippen LogP contribution in [0, 0.1) is 10.1 Å². The van der Waals surface area contributed by atoms with E-state index in [0.717, 1.165) is 17.1 Å². The van der Waals surface area contributed by atoms with Crippen LogP contribution in [0.1, 0.15) is 24.4 Å². The molecule has 0 amide bonds. The first kappa shape index (κ1) is 23.3. The molecule has 0 aliphatic carbocycles. The molecule has 0 saturated heterocycles. The first-order chi connectivity index (χ1) is 13.7. The van der Waals surface area contributed by atoms with E-state index >= 15 is 0 Å². The van der Waals surface area contributed by atoms with Crippen LogP contribution in [0.4, 0.5) is 0 Å². The van der Waals surface area contributed by atoms with Crippen molar-refractivity contribution in [1.82, 2.24) is 9.55 Å². The predicted octanol–water partition coefficient (Wildman–Crippen LogP) is 6.42. The molecule has 1 aromatic heterocycles. The van der Waals surface area contributed by atoms with E-state index in [1.807, 2.05) is 29.8 Å². The van der Waals surface area contributed by atoms with Gasteiger partial charge in [0.05, 0.1) is 17.3 Å². The number of imidazole rings is 1. The Bertz CT molecular complexity index is 993. The zero-order valence-electron chi connectivity index (χ0n) is 14.9. The van der Waals surface area contributed by atoms with Gasteiger partial charge in [0.15, 0.2) is 0 Å². The maximum atomic E-state index is 8.36. The molecular formula is C18H15Cl4N3O4. The molecule has 2 aromatic carbocycles. The summed E-state index contributed by atoms with van der Waals surface area (Å²) < 4.78 is 7.82. The van der Waals surface area contributed by atoms with E-state index in [0.29, 0.717) is 26.7 Å². The van der Waals surface area contributed by atoms with E-state index < -0.39 is 5.09 Å². The average Bonchev–Trinajstić information content (AvgIpc) is 3.10. The van der Waals surface area contributed by atoms with Gasteiger partial charge < -0.3 is 14.5 Å². The van der Waals surface area contributed by atoms with Crippen molar-refractivity contribution in [3.63, 3.8) is 0 Å². The molecule has 0 aliphatic heterocycles. The van der Waals surface area contributed by atoms with E-state index in [4.69, 9.17) is 66.5 Å². The molecule has 7 nitrogen and oxygen atoms in total. The molecule has 0 aliphatic rings. The fraction of sp³-hybridized carbons (Fsp3) is 0.167. The van der Waals surface area contributed by atoms with Gasteiger partial charge in [-0.3, -0.25) is 0 Å². The summed E-state index contributed by atoms with van der Waals surface area (Å²) in [6.45, 7) is 2.27. The third-order valence-corrected chi connectivity index (χ3v) is 4.83. The summed E-state index contributed by atoms with van der Waals surface area (Å²) >= 11 is 24.4. The van der Waals surface area contributed by atoms with Crippen LogP contribution in [0.5, 0.6) is 0 Å². The highest BCUT2D eigenvalue weighted by molar-refractivity contribution is 6.36. The molecule has 1 N–H and O–H groups in total. The Morgan fingerprint density at radius 3 is 2.31 bits per heavy atom. The molecule has 0 bridgehead atoms. The van der Waals surface area contributed by atoms with Gasteiger partial charge in [-0.05, 0) is 42.8 Å². The Morgan fingerprint density at radius 1 is 1.14 bits per heavy atom. The minimum atomic E-state index is -1.50. The van der Waals surface area contributed by atoms with Crippen LogP contribution in [0.2, 0.25) is 20.1 Å². The Balaban J connectivity index is 0.000000687. The summed E-state index contributed by atoms with van der Waals surface area (Å²) in [5.41, 5.74) is 1.65. The minimum Gasteiger partial charge on any atom is -0.366 e. The van der Waals surface area contributed by atoms with E-state index in [1.54, 1.807) is 30.5 Å². The lowest BCUT2D eigenvalue weighted by molar-refractivity contribution is -0.742. The number of rotatable bonds is 5. The van der Waals surface area contributed by atoms with Crippen LogP contribution in [-0.2, 0) is 11.3 Å². The molecule has 0 saturated carbocycles. The fourth-order valence-corrected chi connectivity index (χ4v) is 3.39. The van der Waals surface area contributed by atoms with Crippen molar-refractivity contribution in [2.75, 3.05) is 0 Å². The maximum absolute atomic E-state index is 8.36. The monoisotopic (exact) mass is 477 g/mol. The second-order valence-corrected chi connectivity index (χ2v) is 7.37. The second kappa shape index (κ2) is 10.7. The van der Waals surface area contributed by atoms with Crippen LogP contribution < -0.4 is 0 Å². The zero-order chi connectivity index (χ0) is 21.6. The maximum Gasteiger partial charge on any atom is 0.291 e. The van der Waals surface area contributed by atoms with Crippen molar-refractivity contribution >= 4 is 46.4 Å². The van der Waals surface area contributed by atoms with Gasteiger partial charge in [-0.2, -0.15) is 0 Å². The van der Waals surface area contributed by atoms with E-state index in [-0.39, 0.29) is 6.10 Å². The highest BCUT2D eigenvalue weighted by Gasteiger charge is 2.16. The number of hydrogen-bond acceptors (Lipinski definition) is 4. The van der Waals surface area contributed by atoms with Crippen molar-refractivity contribution in [3.8, 4) is 5.69 Å². The van der Waals surface area contributed by atoms with Gasteiger partial charge in [-0.15, -0.1) is 10.1 Å². The van der Waals surface area contributed by atoms with Gasteiger partial charge in [0.2, 0.25) is 0 Å². The molecule has 1 unspecified atom stereocenters. The standard InChI is InChI=1S/C18H14Cl4N2O.HNO3/c1-11(25-10-12-2-3-13(19)8-15(12)21)18-23-6-7-24(18)17-5-4-14(20)9-16(17)22;2-1(3)4/h2-9,11H,10H2,1H3;(H,2,3,4). The lowest BCUT2D eigenvalue weighted by Crippen LogP contribution is -2.09. The summed E-state index contributed by atoms with van der Waals surface area (Å²) in [5.74, 6) is 0.731. The van der Waals surface area contributed by atoms with Crippen LogP contribution in [0.3, 0.4) is 0 Å². The summed E-state index contributed by atoms with van der Waals surface area (Å²) in [7, 11) is 0. The van der Waals surface area contributed by atoms with Crippen molar-refractivity contribution < 1.29 is 15.0 Å². The third-order valence-electron chi connectivity index (χ3n) is 3.71. The number of benzene rings is 2.